The minimum atomic E-state index is -0.971. The molecule has 0 aliphatic rings. The van der Waals surface area contributed by atoms with Gasteiger partial charge in [-0.25, -0.2) is 4.79 Å². The number of amides is 1. The van der Waals surface area contributed by atoms with E-state index < -0.39 is 34.9 Å². The monoisotopic (exact) mass is 540 g/mol. The van der Waals surface area contributed by atoms with Crippen LogP contribution in [0, 0.1) is 22.0 Å². The number of nitrogens with one attached hydrogen (secondary N) is 1. The average Bonchev–Trinajstić information content (AvgIpc) is 2.90. The Morgan fingerprint density at radius 2 is 1.59 bits per heavy atom. The first kappa shape index (κ1) is 30.7. The SMILES string of the molecule is C=CCOC(=O)C[C@H](C(=O)N[C@@H](C)C(=O)Cc1ccc(COC(=O)Oc2ccc([N+](=O)[O-])cc2)cc1)C(C)C. The quantitative estimate of drug-likeness (QED) is 0.121. The molecule has 208 valence electrons. The lowest BCUT2D eigenvalue weighted by molar-refractivity contribution is -0.384. The highest BCUT2D eigenvalue weighted by Gasteiger charge is 2.28. The van der Waals surface area contributed by atoms with Gasteiger partial charge < -0.3 is 19.5 Å². The van der Waals surface area contributed by atoms with Crippen molar-refractivity contribution in [2.45, 2.75) is 46.3 Å². The summed E-state index contributed by atoms with van der Waals surface area (Å²) >= 11 is 0. The Bertz CT molecular complexity index is 1170. The van der Waals surface area contributed by atoms with Crippen molar-refractivity contribution in [2.24, 2.45) is 11.8 Å². The zero-order valence-electron chi connectivity index (χ0n) is 22.1. The molecule has 0 spiro atoms. The fourth-order valence-corrected chi connectivity index (χ4v) is 3.43. The molecule has 0 aromatic heterocycles. The smallest absolute Gasteiger partial charge is 0.461 e. The lowest BCUT2D eigenvalue weighted by Gasteiger charge is -2.22. The van der Waals surface area contributed by atoms with E-state index in [9.17, 15) is 29.3 Å². The fraction of sp³-hybridized carbons (Fsp3) is 0.357. The maximum Gasteiger partial charge on any atom is 0.514 e. The Labute approximate surface area is 226 Å². The maximum atomic E-state index is 12.7. The third kappa shape index (κ3) is 10.4. The van der Waals surface area contributed by atoms with Crippen molar-refractivity contribution >= 4 is 29.5 Å². The number of benzene rings is 2. The highest BCUT2D eigenvalue weighted by atomic mass is 16.7. The third-order valence-electron chi connectivity index (χ3n) is 5.74. The van der Waals surface area contributed by atoms with Crippen LogP contribution < -0.4 is 10.1 Å². The number of rotatable bonds is 14. The van der Waals surface area contributed by atoms with Crippen LogP contribution in [0.5, 0.6) is 5.75 Å². The lowest BCUT2D eigenvalue weighted by atomic mass is 9.91. The van der Waals surface area contributed by atoms with Gasteiger partial charge in [0.2, 0.25) is 5.91 Å². The summed E-state index contributed by atoms with van der Waals surface area (Å²) in [5, 5.41) is 13.4. The van der Waals surface area contributed by atoms with Crippen molar-refractivity contribution in [1.29, 1.82) is 0 Å². The molecule has 0 aliphatic carbocycles. The Kier molecular flexibility index (Phi) is 11.8. The van der Waals surface area contributed by atoms with E-state index in [2.05, 4.69) is 11.9 Å². The van der Waals surface area contributed by atoms with Crippen molar-refractivity contribution in [3.05, 3.63) is 82.4 Å². The number of ether oxygens (including phenoxy) is 3. The molecule has 0 bridgehead atoms. The van der Waals surface area contributed by atoms with E-state index in [0.717, 1.165) is 0 Å². The minimum Gasteiger partial charge on any atom is -0.461 e. The minimum absolute atomic E-state index is 0.0668. The number of hydrogen-bond acceptors (Lipinski definition) is 9. The summed E-state index contributed by atoms with van der Waals surface area (Å²) in [6.45, 7) is 8.69. The van der Waals surface area contributed by atoms with Gasteiger partial charge in [0.15, 0.2) is 5.78 Å². The predicted molar refractivity (Wildman–Crippen MR) is 141 cm³/mol. The molecule has 11 nitrogen and oxygen atoms in total. The molecule has 2 aromatic rings. The van der Waals surface area contributed by atoms with Crippen molar-refractivity contribution < 1.29 is 38.3 Å². The van der Waals surface area contributed by atoms with Crippen molar-refractivity contribution in [2.75, 3.05) is 6.61 Å². The van der Waals surface area contributed by atoms with E-state index in [-0.39, 0.29) is 49.2 Å². The van der Waals surface area contributed by atoms with Crippen LogP contribution in [-0.4, -0.2) is 41.4 Å². The second-order valence-corrected chi connectivity index (χ2v) is 9.11. The Morgan fingerprint density at radius 1 is 0.974 bits per heavy atom. The van der Waals surface area contributed by atoms with Crippen LogP contribution >= 0.6 is 0 Å². The van der Waals surface area contributed by atoms with Gasteiger partial charge in [-0.1, -0.05) is 50.8 Å². The molecule has 2 rings (SSSR count). The van der Waals surface area contributed by atoms with Crippen molar-refractivity contribution in [3.63, 3.8) is 0 Å². The summed E-state index contributed by atoms with van der Waals surface area (Å²) in [6.07, 6.45) is 0.448. The summed E-state index contributed by atoms with van der Waals surface area (Å²) in [4.78, 5) is 59.4. The van der Waals surface area contributed by atoms with Gasteiger partial charge in [0.25, 0.3) is 5.69 Å². The van der Waals surface area contributed by atoms with Crippen LogP contribution in [0.4, 0.5) is 10.5 Å². The molecule has 11 heteroatoms. The van der Waals surface area contributed by atoms with Crippen LogP contribution in [0.1, 0.15) is 38.3 Å². The standard InChI is InChI=1S/C28H32N2O9/c1-5-14-37-26(32)16-24(18(2)3)27(33)29-19(4)25(31)15-20-6-8-21(9-7-20)17-38-28(34)39-23-12-10-22(11-13-23)30(35)36/h5-13,18-19,24H,1,14-17H2,2-4H3,(H,29,33)/t19-,24-/m0/s1. The molecular formula is C28H32N2O9. The van der Waals surface area contributed by atoms with Gasteiger partial charge in [0.1, 0.15) is 19.0 Å². The molecule has 0 radical (unpaired) electrons. The second-order valence-electron chi connectivity index (χ2n) is 9.11. The van der Waals surface area contributed by atoms with Gasteiger partial charge in [0, 0.05) is 18.6 Å². The second kappa shape index (κ2) is 15.0. The number of Topliss-reactive ketones (excluding diaryl/α,β-unsaturated/α-hetero) is 1. The van der Waals surface area contributed by atoms with E-state index in [1.54, 1.807) is 31.2 Å². The van der Waals surface area contributed by atoms with Gasteiger partial charge in [-0.15, -0.1) is 0 Å². The van der Waals surface area contributed by atoms with Gasteiger partial charge in [-0.05, 0) is 36.1 Å². The topological polar surface area (TPSA) is 151 Å². The molecule has 39 heavy (non-hydrogen) atoms. The highest BCUT2D eigenvalue weighted by Crippen LogP contribution is 2.19. The number of nitro benzene ring substituents is 1. The summed E-state index contributed by atoms with van der Waals surface area (Å²) < 4.78 is 15.0. The van der Waals surface area contributed by atoms with Crippen LogP contribution in [0.25, 0.3) is 0 Å². The first-order valence-corrected chi connectivity index (χ1v) is 12.3. The van der Waals surface area contributed by atoms with Crippen molar-refractivity contribution in [1.82, 2.24) is 5.32 Å². The van der Waals surface area contributed by atoms with E-state index in [0.29, 0.717) is 11.1 Å². The first-order chi connectivity index (χ1) is 18.5. The molecule has 0 fully saturated rings. The van der Waals surface area contributed by atoms with E-state index in [4.69, 9.17) is 14.2 Å². The summed E-state index contributed by atoms with van der Waals surface area (Å²) in [6, 6.07) is 11.0. The number of esters is 1. The lowest BCUT2D eigenvalue weighted by Crippen LogP contribution is -2.44. The summed E-state index contributed by atoms with van der Waals surface area (Å²) in [5.41, 5.74) is 1.22. The van der Waals surface area contributed by atoms with Gasteiger partial charge in [-0.2, -0.15) is 0 Å². The fourth-order valence-electron chi connectivity index (χ4n) is 3.43. The van der Waals surface area contributed by atoms with Crippen LogP contribution in [0.2, 0.25) is 0 Å². The largest absolute Gasteiger partial charge is 0.514 e. The third-order valence-corrected chi connectivity index (χ3v) is 5.74. The number of ketones is 1. The number of non-ortho nitro benzene ring substituents is 1. The molecular weight excluding hydrogens is 508 g/mol. The zero-order valence-corrected chi connectivity index (χ0v) is 22.1. The Morgan fingerprint density at radius 3 is 2.15 bits per heavy atom. The molecule has 2 aromatic carbocycles. The molecule has 0 aliphatic heterocycles. The summed E-state index contributed by atoms with van der Waals surface area (Å²) in [7, 11) is 0. The molecule has 0 saturated heterocycles. The molecule has 1 N–H and O–H groups in total. The molecule has 1 amide bonds. The maximum absolute atomic E-state index is 12.7. The Balaban J connectivity index is 1.83. The van der Waals surface area contributed by atoms with Crippen LogP contribution in [-0.2, 0) is 36.9 Å². The average molecular weight is 541 g/mol. The molecule has 2 atom stereocenters. The normalized spacial score (nSPS) is 12.1. The van der Waals surface area contributed by atoms with Crippen LogP contribution in [0.15, 0.2) is 61.2 Å². The number of carbonyl (C=O) groups is 4. The van der Waals surface area contributed by atoms with Crippen molar-refractivity contribution in [3.8, 4) is 5.75 Å². The predicted octanol–water partition coefficient (Wildman–Crippen LogP) is 4.32. The Hall–Kier alpha value is -4.54. The number of nitrogens with zero attached hydrogens (tertiary/aromatic N) is 1. The van der Waals surface area contributed by atoms with E-state index in [1.165, 1.54) is 30.3 Å². The van der Waals surface area contributed by atoms with Crippen LogP contribution in [0.3, 0.4) is 0 Å². The molecule has 0 heterocycles. The zero-order chi connectivity index (χ0) is 28.9. The number of carbonyl (C=O) groups excluding carboxylic acids is 4. The number of nitro groups is 1. The molecule has 0 unspecified atom stereocenters. The highest BCUT2D eigenvalue weighted by molar-refractivity contribution is 5.91. The molecule has 0 saturated carbocycles. The van der Waals surface area contributed by atoms with E-state index >= 15 is 0 Å². The van der Waals surface area contributed by atoms with Gasteiger partial charge in [-0.3, -0.25) is 24.5 Å². The van der Waals surface area contributed by atoms with E-state index in [1.807, 2.05) is 13.8 Å². The van der Waals surface area contributed by atoms with Gasteiger partial charge >= 0.3 is 12.1 Å². The van der Waals surface area contributed by atoms with Gasteiger partial charge in [0.05, 0.1) is 23.3 Å². The number of hydrogen-bond donors (Lipinski definition) is 1. The first-order valence-electron chi connectivity index (χ1n) is 12.3. The summed E-state index contributed by atoms with van der Waals surface area (Å²) in [5.74, 6) is -1.78.